The van der Waals surface area contributed by atoms with Crippen LogP contribution in [0.5, 0.6) is 17.2 Å². The van der Waals surface area contributed by atoms with E-state index in [1.165, 1.54) is 11.3 Å². The molecule has 1 aliphatic rings. The number of carbonyl (C=O) groups excluding carboxylic acids is 1. The number of aromatic nitrogens is 1. The van der Waals surface area contributed by atoms with Crippen molar-refractivity contribution in [1.82, 2.24) is 4.98 Å². The fourth-order valence-corrected chi connectivity index (χ4v) is 3.54. The minimum atomic E-state index is -0.504. The Morgan fingerprint density at radius 2 is 1.78 bits per heavy atom. The van der Waals surface area contributed by atoms with Crippen molar-refractivity contribution in [3.63, 3.8) is 0 Å². The van der Waals surface area contributed by atoms with E-state index in [-0.39, 0.29) is 11.6 Å². The van der Waals surface area contributed by atoms with Crippen LogP contribution < -0.4 is 14.2 Å². The number of nitrogens with zero attached hydrogens (tertiary/aromatic N) is 2. The zero-order valence-electron chi connectivity index (χ0n) is 17.7. The average Bonchev–Trinajstić information content (AvgIpc) is 3.45. The van der Waals surface area contributed by atoms with Gasteiger partial charge in [-0.15, -0.1) is 11.3 Å². The largest absolute Gasteiger partial charge is 0.490 e. The van der Waals surface area contributed by atoms with Gasteiger partial charge in [0.15, 0.2) is 17.2 Å². The minimum absolute atomic E-state index is 0.225. The summed E-state index contributed by atoms with van der Waals surface area (Å²) in [5, 5.41) is 1.95. The first-order valence-corrected chi connectivity index (χ1v) is 11.1. The van der Waals surface area contributed by atoms with Crippen LogP contribution in [0, 0.1) is 0 Å². The van der Waals surface area contributed by atoms with Gasteiger partial charge in [-0.3, -0.25) is 0 Å². The number of aliphatic imine (C=N–C) groups is 1. The molecule has 164 valence electrons. The summed E-state index contributed by atoms with van der Waals surface area (Å²) < 4.78 is 22.3. The van der Waals surface area contributed by atoms with Crippen molar-refractivity contribution in [3.05, 3.63) is 75.9 Å². The third-order valence-electron chi connectivity index (χ3n) is 4.46. The highest BCUT2D eigenvalue weighted by atomic mass is 32.1. The Morgan fingerprint density at radius 3 is 2.50 bits per heavy atom. The molecule has 0 atom stereocenters. The van der Waals surface area contributed by atoms with Gasteiger partial charge in [0.05, 0.1) is 24.4 Å². The van der Waals surface area contributed by atoms with E-state index < -0.39 is 5.97 Å². The lowest BCUT2D eigenvalue weighted by Gasteiger charge is -2.11. The maximum Gasteiger partial charge on any atom is 0.363 e. The summed E-state index contributed by atoms with van der Waals surface area (Å²) in [6.45, 7) is 5.23. The molecule has 1 aliphatic heterocycles. The fourth-order valence-electron chi connectivity index (χ4n) is 3.00. The number of carbonyl (C=O) groups is 1. The molecule has 0 fully saturated rings. The van der Waals surface area contributed by atoms with Gasteiger partial charge in [0.2, 0.25) is 5.90 Å². The van der Waals surface area contributed by atoms with Gasteiger partial charge in [-0.05, 0) is 55.8 Å². The molecule has 2 heterocycles. The van der Waals surface area contributed by atoms with E-state index in [0.29, 0.717) is 36.9 Å². The zero-order chi connectivity index (χ0) is 22.3. The van der Waals surface area contributed by atoms with Crippen molar-refractivity contribution in [2.24, 2.45) is 4.99 Å². The standard InChI is InChI=1S/C24H22N2O5S/c1-3-28-21-10-7-17(12-22(21)29-4-2)23-26-20(24(27)31-23)11-16-5-8-19(9-6-16)30-13-18-14-32-15-25-18/h5-12,14-15H,3-4,13H2,1-2H3/b20-11-. The number of thiazole rings is 1. The van der Waals surface area contributed by atoms with Crippen LogP contribution in [0.2, 0.25) is 0 Å². The molecule has 0 aliphatic carbocycles. The number of hydrogen-bond donors (Lipinski definition) is 0. The number of rotatable bonds is 9. The lowest BCUT2D eigenvalue weighted by molar-refractivity contribution is -0.129. The van der Waals surface area contributed by atoms with Crippen LogP contribution >= 0.6 is 11.3 Å². The summed E-state index contributed by atoms with van der Waals surface area (Å²) >= 11 is 1.53. The van der Waals surface area contributed by atoms with E-state index in [0.717, 1.165) is 17.0 Å². The Kier molecular flexibility index (Phi) is 6.81. The van der Waals surface area contributed by atoms with Gasteiger partial charge in [0.25, 0.3) is 0 Å². The monoisotopic (exact) mass is 450 g/mol. The molecule has 3 aromatic rings. The van der Waals surface area contributed by atoms with E-state index in [4.69, 9.17) is 18.9 Å². The highest BCUT2D eigenvalue weighted by molar-refractivity contribution is 7.07. The van der Waals surface area contributed by atoms with Crippen molar-refractivity contribution in [3.8, 4) is 17.2 Å². The molecular formula is C24H22N2O5S. The molecule has 0 amide bonds. The van der Waals surface area contributed by atoms with Gasteiger partial charge in [0.1, 0.15) is 12.4 Å². The summed E-state index contributed by atoms with van der Waals surface area (Å²) in [6, 6.07) is 12.7. The van der Waals surface area contributed by atoms with E-state index >= 15 is 0 Å². The molecule has 2 aromatic carbocycles. The summed E-state index contributed by atoms with van der Waals surface area (Å²) in [5.74, 6) is 1.66. The first kappa shape index (κ1) is 21.6. The molecule has 0 unspecified atom stereocenters. The van der Waals surface area contributed by atoms with Gasteiger partial charge in [-0.25, -0.2) is 14.8 Å². The van der Waals surface area contributed by atoms with Crippen molar-refractivity contribution >= 4 is 29.3 Å². The minimum Gasteiger partial charge on any atom is -0.490 e. The van der Waals surface area contributed by atoms with E-state index in [9.17, 15) is 4.79 Å². The Hall–Kier alpha value is -3.65. The third kappa shape index (κ3) is 5.15. The quantitative estimate of drug-likeness (QED) is 0.342. The Bertz CT molecular complexity index is 1140. The second-order valence-corrected chi connectivity index (χ2v) is 7.42. The molecule has 4 rings (SSSR count). The molecule has 0 N–H and O–H groups in total. The first-order valence-electron chi connectivity index (χ1n) is 10.2. The second-order valence-electron chi connectivity index (χ2n) is 6.70. The smallest absolute Gasteiger partial charge is 0.363 e. The van der Waals surface area contributed by atoms with Crippen molar-refractivity contribution in [2.45, 2.75) is 20.5 Å². The maximum absolute atomic E-state index is 12.4. The SMILES string of the molecule is CCOc1ccc(C2=N/C(=C\c3ccc(OCc4cscn4)cc3)C(=O)O2)cc1OCC. The van der Waals surface area contributed by atoms with Gasteiger partial charge >= 0.3 is 5.97 Å². The molecule has 0 radical (unpaired) electrons. The molecule has 0 bridgehead atoms. The van der Waals surface area contributed by atoms with Crippen LogP contribution in [0.4, 0.5) is 0 Å². The molecule has 1 aromatic heterocycles. The summed E-state index contributed by atoms with van der Waals surface area (Å²) in [4.78, 5) is 20.9. The van der Waals surface area contributed by atoms with Crippen LogP contribution in [-0.4, -0.2) is 30.1 Å². The van der Waals surface area contributed by atoms with Crippen molar-refractivity contribution in [1.29, 1.82) is 0 Å². The molecule has 32 heavy (non-hydrogen) atoms. The number of hydrogen-bond acceptors (Lipinski definition) is 8. The second kappa shape index (κ2) is 10.1. The lowest BCUT2D eigenvalue weighted by Crippen LogP contribution is -2.06. The number of benzene rings is 2. The van der Waals surface area contributed by atoms with Crippen molar-refractivity contribution < 1.29 is 23.7 Å². The highest BCUT2D eigenvalue weighted by Crippen LogP contribution is 2.30. The highest BCUT2D eigenvalue weighted by Gasteiger charge is 2.25. The van der Waals surface area contributed by atoms with Gasteiger partial charge in [-0.2, -0.15) is 0 Å². The average molecular weight is 451 g/mol. The van der Waals surface area contributed by atoms with Crippen LogP contribution in [0.15, 0.2) is 64.0 Å². The maximum atomic E-state index is 12.4. The van der Waals surface area contributed by atoms with E-state index in [2.05, 4.69) is 9.98 Å². The third-order valence-corrected chi connectivity index (χ3v) is 5.10. The fraction of sp³-hybridized carbons (Fsp3) is 0.208. The summed E-state index contributed by atoms with van der Waals surface area (Å²) in [6.07, 6.45) is 1.68. The molecule has 7 nitrogen and oxygen atoms in total. The van der Waals surface area contributed by atoms with Crippen LogP contribution in [0.1, 0.15) is 30.7 Å². The predicted octanol–water partition coefficient (Wildman–Crippen LogP) is 4.86. The van der Waals surface area contributed by atoms with Crippen molar-refractivity contribution in [2.75, 3.05) is 13.2 Å². The topological polar surface area (TPSA) is 79.2 Å². The molecule has 0 saturated heterocycles. The van der Waals surface area contributed by atoms with Gasteiger partial charge < -0.3 is 18.9 Å². The van der Waals surface area contributed by atoms with Crippen LogP contribution in [-0.2, 0) is 16.1 Å². The predicted molar refractivity (Wildman–Crippen MR) is 122 cm³/mol. The number of ether oxygens (including phenoxy) is 4. The van der Waals surface area contributed by atoms with Crippen LogP contribution in [0.25, 0.3) is 6.08 Å². The van der Waals surface area contributed by atoms with Gasteiger partial charge in [0, 0.05) is 10.9 Å². The van der Waals surface area contributed by atoms with E-state index in [1.807, 2.05) is 43.5 Å². The Morgan fingerprint density at radius 1 is 1.00 bits per heavy atom. The Labute approximate surface area is 190 Å². The van der Waals surface area contributed by atoms with E-state index in [1.54, 1.807) is 29.8 Å². The molecule has 0 spiro atoms. The lowest BCUT2D eigenvalue weighted by atomic mass is 10.2. The first-order chi connectivity index (χ1) is 15.7. The normalized spacial score (nSPS) is 14.2. The molecule has 0 saturated carbocycles. The number of esters is 1. The molecule has 8 heteroatoms. The zero-order valence-corrected chi connectivity index (χ0v) is 18.6. The summed E-state index contributed by atoms with van der Waals surface area (Å²) in [5.41, 5.74) is 4.33. The van der Waals surface area contributed by atoms with Gasteiger partial charge in [-0.1, -0.05) is 12.1 Å². The molecular weight excluding hydrogens is 428 g/mol. The Balaban J connectivity index is 1.49. The number of cyclic esters (lactones) is 1. The van der Waals surface area contributed by atoms with Crippen LogP contribution in [0.3, 0.4) is 0 Å². The summed E-state index contributed by atoms with van der Waals surface area (Å²) in [7, 11) is 0.